The predicted octanol–water partition coefficient (Wildman–Crippen LogP) is 2.73. The Hall–Kier alpha value is -1.55. The summed E-state index contributed by atoms with van der Waals surface area (Å²) in [5, 5.41) is 9.42. The number of hydrogen-bond donors (Lipinski definition) is 1. The fourth-order valence-electron chi connectivity index (χ4n) is 2.41. The Balaban J connectivity index is 2.18. The molecule has 2 rings (SSSR count). The molecule has 1 aromatic carbocycles. The summed E-state index contributed by atoms with van der Waals surface area (Å²) in [4.78, 5) is 24.8. The number of amides is 1. The Morgan fingerprint density at radius 2 is 2.21 bits per heavy atom. The first-order chi connectivity index (χ1) is 8.99. The van der Waals surface area contributed by atoms with Crippen molar-refractivity contribution < 1.29 is 14.7 Å². The van der Waals surface area contributed by atoms with E-state index in [0.717, 1.165) is 18.4 Å². The van der Waals surface area contributed by atoms with Crippen molar-refractivity contribution in [1.29, 1.82) is 0 Å². The molecule has 1 atom stereocenters. The second-order valence-electron chi connectivity index (χ2n) is 4.86. The van der Waals surface area contributed by atoms with Gasteiger partial charge >= 0.3 is 5.97 Å². The largest absolute Gasteiger partial charge is 0.481 e. The summed E-state index contributed by atoms with van der Waals surface area (Å²) >= 11 is 6.02. The molecule has 19 heavy (non-hydrogen) atoms. The Morgan fingerprint density at radius 3 is 2.84 bits per heavy atom. The van der Waals surface area contributed by atoms with Crippen molar-refractivity contribution in [2.75, 3.05) is 6.54 Å². The number of benzene rings is 1. The lowest BCUT2D eigenvalue weighted by atomic mass is 10.1. The van der Waals surface area contributed by atoms with Crippen LogP contribution in [0, 0.1) is 6.92 Å². The summed E-state index contributed by atoms with van der Waals surface area (Å²) in [5.74, 6) is -1.00. The van der Waals surface area contributed by atoms with Crippen molar-refractivity contribution in [2.45, 2.75) is 32.2 Å². The van der Waals surface area contributed by atoms with Gasteiger partial charge in [0.05, 0.1) is 6.42 Å². The van der Waals surface area contributed by atoms with E-state index in [1.54, 1.807) is 23.1 Å². The lowest BCUT2D eigenvalue weighted by Gasteiger charge is -2.23. The van der Waals surface area contributed by atoms with E-state index < -0.39 is 5.97 Å². The van der Waals surface area contributed by atoms with Crippen molar-refractivity contribution in [3.8, 4) is 0 Å². The molecule has 0 bridgehead atoms. The van der Waals surface area contributed by atoms with Crippen molar-refractivity contribution >= 4 is 23.5 Å². The maximum Gasteiger partial charge on any atom is 0.305 e. The van der Waals surface area contributed by atoms with Crippen LogP contribution in [-0.2, 0) is 4.79 Å². The van der Waals surface area contributed by atoms with Crippen LogP contribution < -0.4 is 0 Å². The van der Waals surface area contributed by atoms with Crippen LogP contribution in [0.3, 0.4) is 0 Å². The van der Waals surface area contributed by atoms with Gasteiger partial charge in [0, 0.05) is 23.2 Å². The van der Waals surface area contributed by atoms with Gasteiger partial charge < -0.3 is 10.0 Å². The number of rotatable bonds is 3. The first-order valence-electron chi connectivity index (χ1n) is 6.28. The van der Waals surface area contributed by atoms with Gasteiger partial charge in [-0.15, -0.1) is 0 Å². The van der Waals surface area contributed by atoms with Crippen molar-refractivity contribution in [1.82, 2.24) is 4.90 Å². The summed E-state index contributed by atoms with van der Waals surface area (Å²) in [7, 11) is 0. The molecule has 1 saturated heterocycles. The van der Waals surface area contributed by atoms with Crippen LogP contribution in [0.1, 0.15) is 35.2 Å². The zero-order valence-electron chi connectivity index (χ0n) is 10.7. The summed E-state index contributed by atoms with van der Waals surface area (Å²) in [6, 6.07) is 4.98. The van der Waals surface area contributed by atoms with Crippen LogP contribution in [0.4, 0.5) is 0 Å². The van der Waals surface area contributed by atoms with Crippen LogP contribution >= 0.6 is 11.6 Å². The molecule has 0 aliphatic carbocycles. The lowest BCUT2D eigenvalue weighted by Crippen LogP contribution is -2.36. The smallest absolute Gasteiger partial charge is 0.305 e. The average Bonchev–Trinajstić information content (AvgIpc) is 2.79. The molecule has 1 aromatic rings. The molecule has 1 aliphatic rings. The number of halogens is 1. The van der Waals surface area contributed by atoms with E-state index in [1.807, 2.05) is 6.92 Å². The fraction of sp³-hybridized carbons (Fsp3) is 0.429. The monoisotopic (exact) mass is 281 g/mol. The molecule has 1 heterocycles. The molecule has 0 spiro atoms. The molecule has 102 valence electrons. The zero-order chi connectivity index (χ0) is 14.0. The number of likely N-dealkylation sites (tertiary alicyclic amines) is 1. The molecule has 1 unspecified atom stereocenters. The maximum absolute atomic E-state index is 12.4. The number of carbonyl (C=O) groups excluding carboxylic acids is 1. The Labute approximate surface area is 117 Å². The van der Waals surface area contributed by atoms with E-state index in [0.29, 0.717) is 17.1 Å². The second kappa shape index (κ2) is 5.61. The highest BCUT2D eigenvalue weighted by molar-refractivity contribution is 6.31. The molecule has 0 radical (unpaired) electrons. The highest BCUT2D eigenvalue weighted by Gasteiger charge is 2.30. The second-order valence-corrected chi connectivity index (χ2v) is 5.26. The maximum atomic E-state index is 12.4. The van der Waals surface area contributed by atoms with Gasteiger partial charge in [0.1, 0.15) is 0 Å². The molecular formula is C14H16ClNO3. The zero-order valence-corrected chi connectivity index (χ0v) is 11.5. The third kappa shape index (κ3) is 3.07. The Kier molecular flexibility index (Phi) is 4.10. The Bertz CT molecular complexity index is 515. The number of carbonyl (C=O) groups is 2. The molecular weight excluding hydrogens is 266 g/mol. The SMILES string of the molecule is Cc1ccc(C(=O)N2CCCC2CC(=O)O)cc1Cl. The van der Waals surface area contributed by atoms with E-state index >= 15 is 0 Å². The minimum Gasteiger partial charge on any atom is -0.481 e. The molecule has 0 saturated carbocycles. The van der Waals surface area contributed by atoms with Crippen LogP contribution in [0.2, 0.25) is 5.02 Å². The first-order valence-corrected chi connectivity index (χ1v) is 6.65. The van der Waals surface area contributed by atoms with E-state index in [4.69, 9.17) is 16.7 Å². The third-order valence-electron chi connectivity index (χ3n) is 3.47. The molecule has 1 aliphatic heterocycles. The Morgan fingerprint density at radius 1 is 1.47 bits per heavy atom. The number of hydrogen-bond acceptors (Lipinski definition) is 2. The summed E-state index contributed by atoms with van der Waals surface area (Å²) in [5.41, 5.74) is 1.44. The van der Waals surface area contributed by atoms with Crippen LogP contribution in [0.25, 0.3) is 0 Å². The van der Waals surface area contributed by atoms with Crippen LogP contribution in [0.15, 0.2) is 18.2 Å². The molecule has 4 nitrogen and oxygen atoms in total. The van der Waals surface area contributed by atoms with Gasteiger partial charge in [0.2, 0.25) is 0 Å². The fourth-order valence-corrected chi connectivity index (χ4v) is 2.59. The minimum atomic E-state index is -0.869. The van der Waals surface area contributed by atoms with Crippen LogP contribution in [0.5, 0.6) is 0 Å². The van der Waals surface area contributed by atoms with Gasteiger partial charge in [0.15, 0.2) is 0 Å². The van der Waals surface area contributed by atoms with Gasteiger partial charge in [-0.2, -0.15) is 0 Å². The highest BCUT2D eigenvalue weighted by atomic mass is 35.5. The van der Waals surface area contributed by atoms with E-state index in [-0.39, 0.29) is 18.4 Å². The topological polar surface area (TPSA) is 57.6 Å². The van der Waals surface area contributed by atoms with Gasteiger partial charge in [0.25, 0.3) is 5.91 Å². The molecule has 1 N–H and O–H groups in total. The van der Waals surface area contributed by atoms with Gasteiger partial charge in [-0.3, -0.25) is 9.59 Å². The molecule has 5 heteroatoms. The number of carboxylic acids is 1. The van der Waals surface area contributed by atoms with Gasteiger partial charge in [-0.05, 0) is 37.5 Å². The van der Waals surface area contributed by atoms with Gasteiger partial charge in [-0.1, -0.05) is 17.7 Å². The number of nitrogens with zero attached hydrogens (tertiary/aromatic N) is 1. The standard InChI is InChI=1S/C14H16ClNO3/c1-9-4-5-10(7-12(9)15)14(19)16-6-2-3-11(16)8-13(17)18/h4-5,7,11H,2-3,6,8H2,1H3,(H,17,18). The van der Waals surface area contributed by atoms with E-state index in [2.05, 4.69) is 0 Å². The highest BCUT2D eigenvalue weighted by Crippen LogP contribution is 2.24. The first kappa shape index (κ1) is 13.9. The third-order valence-corrected chi connectivity index (χ3v) is 3.87. The van der Waals surface area contributed by atoms with Crippen molar-refractivity contribution in [3.63, 3.8) is 0 Å². The van der Waals surface area contributed by atoms with Crippen LogP contribution in [-0.4, -0.2) is 34.5 Å². The number of carboxylic acid groups (broad SMARTS) is 1. The summed E-state index contributed by atoms with van der Waals surface area (Å²) in [6.45, 7) is 2.49. The molecule has 1 amide bonds. The summed E-state index contributed by atoms with van der Waals surface area (Å²) < 4.78 is 0. The summed E-state index contributed by atoms with van der Waals surface area (Å²) in [6.07, 6.45) is 1.60. The quantitative estimate of drug-likeness (QED) is 0.927. The molecule has 1 fully saturated rings. The van der Waals surface area contributed by atoms with E-state index in [1.165, 1.54) is 0 Å². The average molecular weight is 282 g/mol. The number of aryl methyl sites for hydroxylation is 1. The van der Waals surface area contributed by atoms with Crippen molar-refractivity contribution in [3.05, 3.63) is 34.3 Å². The normalized spacial score (nSPS) is 18.6. The van der Waals surface area contributed by atoms with Crippen molar-refractivity contribution in [2.24, 2.45) is 0 Å². The van der Waals surface area contributed by atoms with Gasteiger partial charge in [-0.25, -0.2) is 0 Å². The minimum absolute atomic E-state index is 0.00529. The predicted molar refractivity (Wildman–Crippen MR) is 72.5 cm³/mol. The number of aliphatic carboxylic acids is 1. The van der Waals surface area contributed by atoms with E-state index in [9.17, 15) is 9.59 Å². The lowest BCUT2D eigenvalue weighted by molar-refractivity contribution is -0.137. The molecule has 0 aromatic heterocycles.